The molecule has 4 aromatic rings. The Hall–Kier alpha value is -6.45. The van der Waals surface area contributed by atoms with Crippen LogP contribution in [0.2, 0.25) is 0 Å². The summed E-state index contributed by atoms with van der Waals surface area (Å²) in [6.07, 6.45) is -0.274. The molecule has 0 aromatic heterocycles. The molecule has 0 aliphatic carbocycles. The predicted octanol–water partition coefficient (Wildman–Crippen LogP) is 6.31. The summed E-state index contributed by atoms with van der Waals surface area (Å²) in [5.41, 5.74) is -0.229. The summed E-state index contributed by atoms with van der Waals surface area (Å²) in [4.78, 5) is 51.8. The monoisotopic (exact) mass is 592 g/mol. The zero-order valence-corrected chi connectivity index (χ0v) is 22.1. The third-order valence-electron chi connectivity index (χ3n) is 5.42. The first-order valence-electron chi connectivity index (χ1n) is 11.9. The molecule has 0 unspecified atom stereocenters. The second kappa shape index (κ2) is 14.3. The van der Waals surface area contributed by atoms with E-state index in [1.807, 2.05) is 0 Å². The van der Waals surface area contributed by atoms with Gasteiger partial charge in [-0.25, -0.2) is 0 Å². The van der Waals surface area contributed by atoms with E-state index in [-0.39, 0.29) is 40.5 Å². The van der Waals surface area contributed by atoms with E-state index >= 15 is 0 Å². The Morgan fingerprint density at radius 2 is 0.907 bits per heavy atom. The van der Waals surface area contributed by atoms with Gasteiger partial charge in [-0.1, -0.05) is 0 Å². The summed E-state index contributed by atoms with van der Waals surface area (Å²) in [5, 5.41) is 42.6. The number of rotatable bonds is 10. The van der Waals surface area contributed by atoms with Crippen LogP contribution in [-0.4, -0.2) is 32.8 Å². The number of benzene rings is 4. The Labute approximate surface area is 241 Å². The number of ether oxygens (including phenoxy) is 3. The molecule has 0 saturated heterocycles. The molecular weight excluding hydrogens is 572 g/mol. The van der Waals surface area contributed by atoms with Gasteiger partial charge in [-0.3, -0.25) is 45.3 Å². The van der Waals surface area contributed by atoms with Crippen molar-refractivity contribution in [1.82, 2.24) is 0 Å². The number of non-ortho nitro benzene ring substituents is 3. The molecule has 16 nitrogen and oxygen atoms in total. The van der Waals surface area contributed by atoms with E-state index in [2.05, 4.69) is 4.74 Å². The summed E-state index contributed by atoms with van der Waals surface area (Å²) < 4.78 is 15.4. The fourth-order valence-corrected chi connectivity index (χ4v) is 3.35. The second-order valence-electron chi connectivity index (χ2n) is 8.26. The highest BCUT2D eigenvalue weighted by Crippen LogP contribution is 2.29. The normalized spacial score (nSPS) is 9.98. The van der Waals surface area contributed by atoms with E-state index < -0.39 is 25.7 Å². The van der Waals surface area contributed by atoms with Crippen LogP contribution in [-0.2, 0) is 16.0 Å². The van der Waals surface area contributed by atoms with E-state index in [1.165, 1.54) is 98.1 Å². The molecule has 0 aliphatic heterocycles. The summed E-state index contributed by atoms with van der Waals surface area (Å²) in [6.45, 7) is 0. The van der Waals surface area contributed by atoms with Crippen molar-refractivity contribution >= 4 is 28.7 Å². The third kappa shape index (κ3) is 9.04. The minimum atomic E-state index is -0.620. The fourth-order valence-electron chi connectivity index (χ4n) is 3.35. The standard InChI is InChI=1S/C15H12N2O7.C12H8N2O5/c1-23-15(18)9-10-8-13(6-7-14(10)17(21)22)24-12-4-2-11(3-5-12)16(19)20;15-13(16)9-1-5-11(6-2-9)19-12-7-3-10(4-8-12)14(17)18/h2-8H,9H2,1H3;1-8H. The molecule has 4 rings (SSSR count). The van der Waals surface area contributed by atoms with Crippen molar-refractivity contribution in [1.29, 1.82) is 0 Å². The number of nitro benzene ring substituents is 4. The molecule has 0 fully saturated rings. The highest BCUT2D eigenvalue weighted by atomic mass is 16.6. The maximum Gasteiger partial charge on any atom is 0.310 e. The first kappa shape index (κ1) is 31.1. The van der Waals surface area contributed by atoms with E-state index in [1.54, 1.807) is 0 Å². The van der Waals surface area contributed by atoms with Crippen LogP contribution in [0.25, 0.3) is 0 Å². The quantitative estimate of drug-likeness (QED) is 0.112. The maximum absolute atomic E-state index is 11.4. The highest BCUT2D eigenvalue weighted by molar-refractivity contribution is 5.74. The second-order valence-corrected chi connectivity index (χ2v) is 8.26. The van der Waals surface area contributed by atoms with Crippen molar-refractivity contribution in [2.24, 2.45) is 0 Å². The smallest absolute Gasteiger partial charge is 0.310 e. The van der Waals surface area contributed by atoms with Crippen molar-refractivity contribution in [3.8, 4) is 23.0 Å². The van der Waals surface area contributed by atoms with Gasteiger partial charge < -0.3 is 14.2 Å². The van der Waals surface area contributed by atoms with E-state index in [9.17, 15) is 45.3 Å². The number of esters is 1. The lowest BCUT2D eigenvalue weighted by Gasteiger charge is -2.08. The van der Waals surface area contributed by atoms with Crippen molar-refractivity contribution in [2.45, 2.75) is 6.42 Å². The molecule has 0 atom stereocenters. The van der Waals surface area contributed by atoms with Gasteiger partial charge in [-0.2, -0.15) is 0 Å². The topological polar surface area (TPSA) is 217 Å². The Morgan fingerprint density at radius 1 is 0.558 bits per heavy atom. The van der Waals surface area contributed by atoms with Crippen molar-refractivity contribution in [3.63, 3.8) is 0 Å². The van der Waals surface area contributed by atoms with Gasteiger partial charge in [0.2, 0.25) is 0 Å². The van der Waals surface area contributed by atoms with Crippen molar-refractivity contribution in [2.75, 3.05) is 7.11 Å². The minimum absolute atomic E-state index is 0.0314. The van der Waals surface area contributed by atoms with Crippen molar-refractivity contribution in [3.05, 3.63) is 137 Å². The number of carbonyl (C=O) groups excluding carboxylic acids is 1. The van der Waals surface area contributed by atoms with Gasteiger partial charge in [0.05, 0.1) is 33.2 Å². The Morgan fingerprint density at radius 3 is 1.23 bits per heavy atom. The van der Waals surface area contributed by atoms with Gasteiger partial charge in [0.1, 0.15) is 23.0 Å². The van der Waals surface area contributed by atoms with E-state index in [0.29, 0.717) is 17.2 Å². The van der Waals surface area contributed by atoms with Crippen LogP contribution >= 0.6 is 0 Å². The largest absolute Gasteiger partial charge is 0.469 e. The predicted molar refractivity (Wildman–Crippen MR) is 148 cm³/mol. The van der Waals surface area contributed by atoms with Crippen LogP contribution in [0, 0.1) is 40.5 Å². The number of nitrogens with zero attached hydrogens (tertiary/aromatic N) is 4. The van der Waals surface area contributed by atoms with Crippen LogP contribution < -0.4 is 9.47 Å². The number of nitro groups is 4. The molecule has 0 amide bonds. The van der Waals surface area contributed by atoms with E-state index in [4.69, 9.17) is 9.47 Å². The van der Waals surface area contributed by atoms with Crippen LogP contribution in [0.4, 0.5) is 22.7 Å². The van der Waals surface area contributed by atoms with Gasteiger partial charge >= 0.3 is 5.97 Å². The molecule has 0 N–H and O–H groups in total. The Bertz CT molecular complexity index is 1590. The fraction of sp³-hybridized carbons (Fsp3) is 0.0741. The number of carbonyl (C=O) groups is 1. The molecule has 4 aromatic carbocycles. The highest BCUT2D eigenvalue weighted by Gasteiger charge is 2.18. The summed E-state index contributed by atoms with van der Waals surface area (Å²) >= 11 is 0. The zero-order valence-electron chi connectivity index (χ0n) is 22.1. The molecule has 0 spiro atoms. The molecule has 0 radical (unpaired) electrons. The Kier molecular flexibility index (Phi) is 10.3. The molecule has 0 aliphatic rings. The van der Waals surface area contributed by atoms with Gasteiger partial charge in [0, 0.05) is 48.0 Å². The lowest BCUT2D eigenvalue weighted by atomic mass is 10.1. The van der Waals surface area contributed by atoms with E-state index in [0.717, 1.165) is 0 Å². The number of hydrogen-bond donors (Lipinski definition) is 0. The van der Waals surface area contributed by atoms with Crippen LogP contribution in [0.15, 0.2) is 91.0 Å². The summed E-state index contributed by atoms with van der Waals surface area (Å²) in [7, 11) is 1.19. The average Bonchev–Trinajstić information content (AvgIpc) is 2.98. The van der Waals surface area contributed by atoms with Gasteiger partial charge in [-0.05, 0) is 48.5 Å². The van der Waals surface area contributed by atoms with Crippen LogP contribution in [0.3, 0.4) is 0 Å². The summed E-state index contributed by atoms with van der Waals surface area (Å²) in [5.74, 6) is 0.788. The first-order valence-corrected chi connectivity index (χ1v) is 11.9. The first-order chi connectivity index (χ1) is 20.5. The van der Waals surface area contributed by atoms with Gasteiger partial charge in [0.15, 0.2) is 0 Å². The van der Waals surface area contributed by atoms with Crippen molar-refractivity contribution < 1.29 is 38.7 Å². The molecule has 0 bridgehead atoms. The molecule has 0 saturated carbocycles. The van der Waals surface area contributed by atoms with Gasteiger partial charge in [-0.15, -0.1) is 0 Å². The molecule has 220 valence electrons. The molecule has 0 heterocycles. The zero-order chi connectivity index (χ0) is 31.5. The lowest BCUT2D eigenvalue weighted by Crippen LogP contribution is -2.07. The number of methoxy groups -OCH3 is 1. The third-order valence-corrected chi connectivity index (χ3v) is 5.42. The van der Waals surface area contributed by atoms with Crippen LogP contribution in [0.5, 0.6) is 23.0 Å². The minimum Gasteiger partial charge on any atom is -0.469 e. The molecule has 43 heavy (non-hydrogen) atoms. The van der Waals surface area contributed by atoms with Crippen LogP contribution in [0.1, 0.15) is 5.56 Å². The number of hydrogen-bond acceptors (Lipinski definition) is 12. The Balaban J connectivity index is 0.000000242. The SMILES string of the molecule is COC(=O)Cc1cc(Oc2ccc([N+](=O)[O-])cc2)ccc1[N+](=O)[O-].O=[N+]([O-])c1ccc(Oc2ccc([N+](=O)[O-])cc2)cc1. The maximum atomic E-state index is 11.4. The van der Waals surface area contributed by atoms with Gasteiger partial charge in [0.25, 0.3) is 22.7 Å². The average molecular weight is 592 g/mol. The molecular formula is C27H20N4O12. The summed E-state index contributed by atoms with van der Waals surface area (Å²) in [6, 6.07) is 20.4. The molecule has 16 heteroatoms. The lowest BCUT2D eigenvalue weighted by molar-refractivity contribution is -0.385.